The van der Waals surface area contributed by atoms with E-state index >= 15 is 0 Å². The summed E-state index contributed by atoms with van der Waals surface area (Å²) in [6, 6.07) is 13.7. The Balaban J connectivity index is 1.96. The van der Waals surface area contributed by atoms with Gasteiger partial charge in [-0.05, 0) is 43.3 Å². The van der Waals surface area contributed by atoms with Gasteiger partial charge in [-0.1, -0.05) is 17.7 Å². The number of phenolic OH excluding ortho intramolecular Hbond substituents is 1. The highest BCUT2D eigenvalue weighted by Gasteiger charge is 2.06. The van der Waals surface area contributed by atoms with Gasteiger partial charge in [0.1, 0.15) is 11.5 Å². The molecule has 0 saturated carbocycles. The minimum Gasteiger partial charge on any atom is -0.508 e. The molecule has 0 atom stereocenters. The van der Waals surface area contributed by atoms with Crippen molar-refractivity contribution < 1.29 is 14.6 Å². The molecule has 1 N–H and O–H groups in total. The highest BCUT2D eigenvalue weighted by Crippen LogP contribution is 2.13. The molecule has 2 aromatic carbocycles. The summed E-state index contributed by atoms with van der Waals surface area (Å²) in [6.45, 7) is 1.99. The lowest BCUT2D eigenvalue weighted by atomic mass is 10.1. The number of aryl methyl sites for hydroxylation is 1. The van der Waals surface area contributed by atoms with Crippen molar-refractivity contribution in [1.29, 1.82) is 0 Å². The van der Waals surface area contributed by atoms with E-state index in [0.29, 0.717) is 11.3 Å². The third kappa shape index (κ3) is 3.10. The third-order valence-electron chi connectivity index (χ3n) is 2.58. The molecule has 0 unspecified atom stereocenters. The lowest BCUT2D eigenvalue weighted by Gasteiger charge is -2.05. The summed E-state index contributed by atoms with van der Waals surface area (Å²) in [5, 5.41) is 9.13. The summed E-state index contributed by atoms with van der Waals surface area (Å²) in [4.78, 5) is 11.8. The fraction of sp³-hybridized carbons (Fsp3) is 0.133. The first-order valence-electron chi connectivity index (χ1n) is 5.67. The molecule has 0 fully saturated rings. The Morgan fingerprint density at radius 1 is 1.06 bits per heavy atom. The Kier molecular flexibility index (Phi) is 3.63. The van der Waals surface area contributed by atoms with E-state index in [4.69, 9.17) is 9.84 Å². The summed E-state index contributed by atoms with van der Waals surface area (Å²) in [5.74, 6) is 0.703. The summed E-state index contributed by atoms with van der Waals surface area (Å²) < 4.78 is 5.40. The molecule has 0 aliphatic rings. The van der Waals surface area contributed by atoms with E-state index in [0.717, 1.165) is 5.56 Å². The Labute approximate surface area is 106 Å². The van der Waals surface area contributed by atoms with E-state index in [1.807, 2.05) is 31.2 Å². The van der Waals surface area contributed by atoms with E-state index in [1.54, 1.807) is 12.1 Å². The molecule has 0 spiro atoms. The number of carbonyl (C=O) groups is 1. The van der Waals surface area contributed by atoms with Gasteiger partial charge in [0.25, 0.3) is 0 Å². The predicted octanol–water partition coefficient (Wildman–Crippen LogP) is 2.96. The summed E-state index contributed by atoms with van der Waals surface area (Å²) >= 11 is 0. The second kappa shape index (κ2) is 5.36. The van der Waals surface area contributed by atoms with Crippen molar-refractivity contribution in [3.8, 4) is 11.5 Å². The van der Waals surface area contributed by atoms with Crippen LogP contribution in [0, 0.1) is 6.92 Å². The zero-order valence-electron chi connectivity index (χ0n) is 10.1. The topological polar surface area (TPSA) is 46.5 Å². The average molecular weight is 242 g/mol. The van der Waals surface area contributed by atoms with Crippen molar-refractivity contribution in [2.75, 3.05) is 6.61 Å². The number of benzene rings is 2. The number of hydrogen-bond donors (Lipinski definition) is 1. The highest BCUT2D eigenvalue weighted by atomic mass is 16.5. The molecule has 0 amide bonds. The molecule has 0 aromatic heterocycles. The molecule has 0 bridgehead atoms. The number of ketones is 1. The molecular weight excluding hydrogens is 228 g/mol. The molecule has 0 saturated heterocycles. The number of hydrogen-bond acceptors (Lipinski definition) is 3. The van der Waals surface area contributed by atoms with Crippen LogP contribution >= 0.6 is 0 Å². The van der Waals surface area contributed by atoms with Gasteiger partial charge in [0.15, 0.2) is 12.4 Å². The maximum Gasteiger partial charge on any atom is 0.200 e. The first kappa shape index (κ1) is 12.2. The normalized spacial score (nSPS) is 10.1. The number of ether oxygens (including phenoxy) is 1. The Morgan fingerprint density at radius 2 is 1.67 bits per heavy atom. The lowest BCUT2D eigenvalue weighted by Crippen LogP contribution is -2.11. The van der Waals surface area contributed by atoms with Gasteiger partial charge in [-0.15, -0.1) is 0 Å². The smallest absolute Gasteiger partial charge is 0.200 e. The Bertz CT molecular complexity index is 527. The largest absolute Gasteiger partial charge is 0.508 e. The molecular formula is C15H14O3. The van der Waals surface area contributed by atoms with E-state index in [2.05, 4.69) is 0 Å². The van der Waals surface area contributed by atoms with Gasteiger partial charge in [0.2, 0.25) is 0 Å². The van der Waals surface area contributed by atoms with E-state index in [-0.39, 0.29) is 18.1 Å². The molecule has 0 aliphatic heterocycles. The molecule has 0 aliphatic carbocycles. The SMILES string of the molecule is Cc1ccc(OCC(=O)c2ccc(O)cc2)cc1. The van der Waals surface area contributed by atoms with Crippen LogP contribution in [0.15, 0.2) is 48.5 Å². The molecule has 92 valence electrons. The third-order valence-corrected chi connectivity index (χ3v) is 2.58. The van der Waals surface area contributed by atoms with Crippen molar-refractivity contribution in [1.82, 2.24) is 0 Å². The van der Waals surface area contributed by atoms with Gasteiger partial charge in [-0.25, -0.2) is 0 Å². The van der Waals surface area contributed by atoms with Crippen molar-refractivity contribution >= 4 is 5.78 Å². The molecule has 18 heavy (non-hydrogen) atoms. The molecule has 2 rings (SSSR count). The standard InChI is InChI=1S/C15H14O3/c1-11-2-8-14(9-3-11)18-10-15(17)12-4-6-13(16)7-5-12/h2-9,16H,10H2,1H3. The Hall–Kier alpha value is -2.29. The van der Waals surface area contributed by atoms with Crippen LogP contribution < -0.4 is 4.74 Å². The first-order chi connectivity index (χ1) is 8.65. The average Bonchev–Trinajstić information content (AvgIpc) is 2.38. The van der Waals surface area contributed by atoms with Crippen LogP contribution in [-0.4, -0.2) is 17.5 Å². The summed E-state index contributed by atoms with van der Waals surface area (Å²) in [7, 11) is 0. The number of Topliss-reactive ketones (excluding diaryl/α,β-unsaturated/α-hetero) is 1. The minimum atomic E-state index is -0.115. The van der Waals surface area contributed by atoms with Gasteiger partial charge in [0.05, 0.1) is 0 Å². The maximum atomic E-state index is 11.8. The van der Waals surface area contributed by atoms with Gasteiger partial charge in [0, 0.05) is 5.56 Å². The second-order valence-electron chi connectivity index (χ2n) is 4.07. The molecule has 0 radical (unpaired) electrons. The van der Waals surface area contributed by atoms with Crippen LogP contribution in [0.5, 0.6) is 11.5 Å². The fourth-order valence-electron chi connectivity index (χ4n) is 1.51. The molecule has 2 aromatic rings. The summed E-state index contributed by atoms with van der Waals surface area (Å²) in [6.07, 6.45) is 0. The molecule has 3 heteroatoms. The monoisotopic (exact) mass is 242 g/mol. The molecule has 3 nitrogen and oxygen atoms in total. The highest BCUT2D eigenvalue weighted by molar-refractivity contribution is 5.97. The van der Waals surface area contributed by atoms with Crippen LogP contribution in [0.3, 0.4) is 0 Å². The molecule has 0 heterocycles. The fourth-order valence-corrected chi connectivity index (χ4v) is 1.51. The van der Waals surface area contributed by atoms with Gasteiger partial charge >= 0.3 is 0 Å². The quantitative estimate of drug-likeness (QED) is 0.838. The number of carbonyl (C=O) groups excluding carboxylic acids is 1. The van der Waals surface area contributed by atoms with E-state index in [9.17, 15) is 4.79 Å². The van der Waals surface area contributed by atoms with Gasteiger partial charge in [-0.2, -0.15) is 0 Å². The van der Waals surface area contributed by atoms with E-state index < -0.39 is 0 Å². The lowest BCUT2D eigenvalue weighted by molar-refractivity contribution is 0.0921. The summed E-state index contributed by atoms with van der Waals surface area (Å²) in [5.41, 5.74) is 1.67. The first-order valence-corrected chi connectivity index (χ1v) is 5.67. The van der Waals surface area contributed by atoms with E-state index in [1.165, 1.54) is 12.1 Å². The van der Waals surface area contributed by atoms with Gasteiger partial charge < -0.3 is 9.84 Å². The van der Waals surface area contributed by atoms with Crippen LogP contribution in [0.2, 0.25) is 0 Å². The predicted molar refractivity (Wildman–Crippen MR) is 69.1 cm³/mol. The van der Waals surface area contributed by atoms with Crippen LogP contribution in [0.25, 0.3) is 0 Å². The van der Waals surface area contributed by atoms with Crippen molar-refractivity contribution in [2.24, 2.45) is 0 Å². The van der Waals surface area contributed by atoms with Crippen LogP contribution in [0.1, 0.15) is 15.9 Å². The number of aromatic hydroxyl groups is 1. The minimum absolute atomic E-state index is 0.00611. The van der Waals surface area contributed by atoms with Crippen molar-refractivity contribution in [3.63, 3.8) is 0 Å². The van der Waals surface area contributed by atoms with Gasteiger partial charge in [-0.3, -0.25) is 4.79 Å². The second-order valence-corrected chi connectivity index (χ2v) is 4.07. The van der Waals surface area contributed by atoms with Crippen LogP contribution in [-0.2, 0) is 0 Å². The van der Waals surface area contributed by atoms with Crippen LogP contribution in [0.4, 0.5) is 0 Å². The number of phenols is 1. The number of rotatable bonds is 4. The van der Waals surface area contributed by atoms with Crippen molar-refractivity contribution in [3.05, 3.63) is 59.7 Å². The maximum absolute atomic E-state index is 11.8. The Morgan fingerprint density at radius 3 is 2.28 bits per heavy atom. The zero-order chi connectivity index (χ0) is 13.0. The van der Waals surface area contributed by atoms with Crippen molar-refractivity contribution in [2.45, 2.75) is 6.92 Å². The zero-order valence-corrected chi connectivity index (χ0v) is 10.1.